The first-order valence-corrected chi connectivity index (χ1v) is 9.95. The number of carbonyl (C=O) groups excluding carboxylic acids is 4. The number of esters is 1. The molecule has 0 radical (unpaired) electrons. The number of nitro benzene ring substituents is 1. The Morgan fingerprint density at radius 3 is 2.29 bits per heavy atom. The number of hydrogen-bond donors (Lipinski definition) is 1. The minimum Gasteiger partial charge on any atom is -0.484 e. The molecule has 0 spiro atoms. The molecule has 0 aromatic heterocycles. The van der Waals surface area contributed by atoms with Crippen molar-refractivity contribution in [2.24, 2.45) is 5.73 Å². The average Bonchev–Trinajstić information content (AvgIpc) is 2.83. The number of fused-ring (bicyclic) bond motifs is 2. The van der Waals surface area contributed by atoms with E-state index in [4.69, 9.17) is 15.2 Å². The number of hydrogen-bond acceptors (Lipinski definition) is 8. The van der Waals surface area contributed by atoms with Gasteiger partial charge in [-0.2, -0.15) is 0 Å². The lowest BCUT2D eigenvalue weighted by molar-refractivity contribution is -0.385. The third kappa shape index (κ3) is 4.11. The Labute approximate surface area is 192 Å². The van der Waals surface area contributed by atoms with E-state index in [1.165, 1.54) is 24.3 Å². The van der Waals surface area contributed by atoms with Crippen LogP contribution in [-0.2, 0) is 16.1 Å². The van der Waals surface area contributed by atoms with Gasteiger partial charge < -0.3 is 15.2 Å². The topological polar surface area (TPSA) is 156 Å². The minimum atomic E-state index is -1.04. The summed E-state index contributed by atoms with van der Waals surface area (Å²) in [6, 6.07) is 14.6. The highest BCUT2D eigenvalue weighted by Crippen LogP contribution is 2.35. The third-order valence-corrected chi connectivity index (χ3v) is 5.12. The van der Waals surface area contributed by atoms with Gasteiger partial charge in [0.15, 0.2) is 12.4 Å². The van der Waals surface area contributed by atoms with Crippen LogP contribution < -0.4 is 10.5 Å². The summed E-state index contributed by atoms with van der Waals surface area (Å²) in [6.45, 7) is -0.600. The molecule has 1 aliphatic rings. The van der Waals surface area contributed by atoms with E-state index in [1.807, 2.05) is 0 Å². The van der Waals surface area contributed by atoms with Gasteiger partial charge in [0, 0.05) is 16.7 Å². The van der Waals surface area contributed by atoms with E-state index in [1.54, 1.807) is 30.3 Å². The Balaban J connectivity index is 1.63. The van der Waals surface area contributed by atoms with Crippen molar-refractivity contribution in [2.75, 3.05) is 6.61 Å². The normalized spacial score (nSPS) is 11.9. The van der Waals surface area contributed by atoms with Crippen LogP contribution in [0.5, 0.6) is 5.75 Å². The summed E-state index contributed by atoms with van der Waals surface area (Å²) in [5, 5.41) is 11.9. The predicted octanol–water partition coefficient (Wildman–Crippen LogP) is 2.59. The van der Waals surface area contributed by atoms with Crippen molar-refractivity contribution in [2.45, 2.75) is 6.61 Å². The van der Waals surface area contributed by atoms with Crippen molar-refractivity contribution in [3.8, 4) is 5.75 Å². The summed E-state index contributed by atoms with van der Waals surface area (Å²) in [6.07, 6.45) is 0. The Morgan fingerprint density at radius 1 is 0.912 bits per heavy atom. The summed E-state index contributed by atoms with van der Waals surface area (Å²) in [4.78, 5) is 60.5. The molecule has 170 valence electrons. The number of carbonyl (C=O) groups is 4. The molecule has 0 heterocycles. The molecule has 10 nitrogen and oxygen atoms in total. The molecule has 1 aliphatic carbocycles. The van der Waals surface area contributed by atoms with Crippen LogP contribution in [0.2, 0.25) is 0 Å². The number of nitro groups is 1. The molecule has 0 unspecified atom stereocenters. The van der Waals surface area contributed by atoms with Crippen LogP contribution in [0.15, 0.2) is 60.7 Å². The third-order valence-electron chi connectivity index (χ3n) is 5.12. The van der Waals surface area contributed by atoms with Crippen LogP contribution in [-0.4, -0.2) is 35.0 Å². The van der Waals surface area contributed by atoms with Crippen molar-refractivity contribution in [1.29, 1.82) is 0 Å². The number of amides is 1. The second-order valence-electron chi connectivity index (χ2n) is 7.32. The van der Waals surface area contributed by atoms with E-state index >= 15 is 0 Å². The van der Waals surface area contributed by atoms with Crippen LogP contribution in [0, 0.1) is 10.1 Å². The molecule has 10 heteroatoms. The van der Waals surface area contributed by atoms with E-state index in [2.05, 4.69) is 0 Å². The molecule has 1 amide bonds. The van der Waals surface area contributed by atoms with Crippen LogP contribution in [0.3, 0.4) is 0 Å². The summed E-state index contributed by atoms with van der Waals surface area (Å²) >= 11 is 0. The van der Waals surface area contributed by atoms with E-state index < -0.39 is 45.2 Å². The van der Waals surface area contributed by atoms with Gasteiger partial charge in [0.05, 0.1) is 4.92 Å². The second-order valence-corrected chi connectivity index (χ2v) is 7.32. The fourth-order valence-corrected chi connectivity index (χ4v) is 3.63. The van der Waals surface area contributed by atoms with Crippen molar-refractivity contribution in [1.82, 2.24) is 0 Å². The molecular formula is C24H16N2O8. The molecule has 3 aromatic rings. The fraction of sp³-hybridized carbons (Fsp3) is 0.0833. The van der Waals surface area contributed by atoms with Crippen LogP contribution in [0.1, 0.15) is 47.8 Å². The molecule has 0 aliphatic heterocycles. The fourth-order valence-electron chi connectivity index (χ4n) is 3.63. The average molecular weight is 460 g/mol. The minimum absolute atomic E-state index is 0.0291. The molecule has 3 aromatic carbocycles. The highest BCUT2D eigenvalue weighted by Gasteiger charge is 2.38. The standard InChI is InChI=1S/C24H16N2O8/c25-19(27)12-33-14-5-3-4-13(10-14)11-34-24(30)18-9-8-17-20(21(18)26(31)32)23(29)16-7-2-1-6-15(16)22(17)28/h1-10H,11-12H2,(H2,25,27). The van der Waals surface area contributed by atoms with Gasteiger partial charge in [-0.3, -0.25) is 24.5 Å². The predicted molar refractivity (Wildman–Crippen MR) is 117 cm³/mol. The second kappa shape index (κ2) is 8.94. The Hall–Kier alpha value is -4.86. The molecular weight excluding hydrogens is 444 g/mol. The maximum absolute atomic E-state index is 13.0. The lowest BCUT2D eigenvalue weighted by Crippen LogP contribution is -2.23. The number of nitrogens with two attached hydrogens (primary N) is 1. The van der Waals surface area contributed by atoms with Gasteiger partial charge in [-0.1, -0.05) is 36.4 Å². The maximum Gasteiger partial charge on any atom is 0.345 e. The quantitative estimate of drug-likeness (QED) is 0.251. The number of rotatable bonds is 7. The molecule has 4 rings (SSSR count). The summed E-state index contributed by atoms with van der Waals surface area (Å²) in [5.41, 5.74) is 3.87. The van der Waals surface area contributed by atoms with Gasteiger partial charge >= 0.3 is 5.97 Å². The van der Waals surface area contributed by atoms with E-state index in [-0.39, 0.29) is 29.9 Å². The molecule has 0 saturated heterocycles. The largest absolute Gasteiger partial charge is 0.484 e. The Kier molecular flexibility index (Phi) is 5.88. The Bertz CT molecular complexity index is 1380. The van der Waals surface area contributed by atoms with E-state index in [9.17, 15) is 29.3 Å². The molecule has 0 saturated carbocycles. The van der Waals surface area contributed by atoms with Crippen LogP contribution >= 0.6 is 0 Å². The molecule has 2 N–H and O–H groups in total. The number of ketones is 2. The van der Waals surface area contributed by atoms with Crippen LogP contribution in [0.4, 0.5) is 5.69 Å². The summed E-state index contributed by atoms with van der Waals surface area (Å²) in [7, 11) is 0. The lowest BCUT2D eigenvalue weighted by Gasteiger charge is -2.18. The Morgan fingerprint density at radius 2 is 1.62 bits per heavy atom. The monoisotopic (exact) mass is 460 g/mol. The maximum atomic E-state index is 13.0. The van der Waals surface area contributed by atoms with Gasteiger partial charge in [0.2, 0.25) is 5.78 Å². The molecule has 0 bridgehead atoms. The van der Waals surface area contributed by atoms with Crippen molar-refractivity contribution >= 4 is 29.1 Å². The van der Waals surface area contributed by atoms with Gasteiger partial charge in [-0.05, 0) is 29.8 Å². The van der Waals surface area contributed by atoms with Gasteiger partial charge in [-0.25, -0.2) is 4.79 Å². The van der Waals surface area contributed by atoms with Crippen LogP contribution in [0.25, 0.3) is 0 Å². The zero-order chi connectivity index (χ0) is 24.4. The molecule has 0 atom stereocenters. The van der Waals surface area contributed by atoms with E-state index in [0.717, 1.165) is 6.07 Å². The highest BCUT2D eigenvalue weighted by atomic mass is 16.6. The smallest absolute Gasteiger partial charge is 0.345 e. The lowest BCUT2D eigenvalue weighted by atomic mass is 9.82. The summed E-state index contributed by atoms with van der Waals surface area (Å²) < 4.78 is 10.4. The van der Waals surface area contributed by atoms with Gasteiger partial charge in [0.25, 0.3) is 11.6 Å². The van der Waals surface area contributed by atoms with Crippen molar-refractivity contribution in [3.05, 3.63) is 104 Å². The number of ether oxygens (including phenoxy) is 2. The molecule has 34 heavy (non-hydrogen) atoms. The van der Waals surface area contributed by atoms with Crippen molar-refractivity contribution in [3.63, 3.8) is 0 Å². The first kappa shape index (κ1) is 22.3. The number of benzene rings is 3. The first-order chi connectivity index (χ1) is 16.3. The zero-order valence-electron chi connectivity index (χ0n) is 17.5. The van der Waals surface area contributed by atoms with E-state index in [0.29, 0.717) is 11.3 Å². The number of primary amides is 1. The first-order valence-electron chi connectivity index (χ1n) is 9.95. The van der Waals surface area contributed by atoms with Gasteiger partial charge in [0.1, 0.15) is 23.5 Å². The SMILES string of the molecule is NC(=O)COc1cccc(COC(=O)c2ccc3c(c2[N+](=O)[O-])C(=O)c2ccccc2C3=O)c1. The number of nitrogens with zero attached hydrogens (tertiary/aromatic N) is 1. The highest BCUT2D eigenvalue weighted by molar-refractivity contribution is 6.30. The van der Waals surface area contributed by atoms with Gasteiger partial charge in [-0.15, -0.1) is 0 Å². The van der Waals surface area contributed by atoms with Crippen molar-refractivity contribution < 1.29 is 33.6 Å². The summed E-state index contributed by atoms with van der Waals surface area (Å²) in [5.74, 6) is -2.65. The molecule has 0 fully saturated rings. The zero-order valence-corrected chi connectivity index (χ0v) is 17.5.